The first-order valence-corrected chi connectivity index (χ1v) is 16.2. The molecule has 0 aliphatic carbocycles. The first-order valence-electron chi connectivity index (χ1n) is 16.2. The monoisotopic (exact) mass is 612 g/mol. The Morgan fingerprint density at radius 1 is 0.208 bits per heavy atom. The highest BCUT2D eigenvalue weighted by Gasteiger charge is 2.11. The summed E-state index contributed by atoms with van der Waals surface area (Å²) in [6.07, 6.45) is 7.47. The van der Waals surface area contributed by atoms with Crippen molar-refractivity contribution in [1.82, 2.24) is 9.97 Å². The van der Waals surface area contributed by atoms with Crippen molar-refractivity contribution < 1.29 is 0 Å². The van der Waals surface area contributed by atoms with Gasteiger partial charge in [-0.25, -0.2) is 0 Å². The number of aromatic nitrogens is 2. The maximum absolute atomic E-state index is 4.39. The summed E-state index contributed by atoms with van der Waals surface area (Å²) in [6, 6.07) is 60.8. The third-order valence-electron chi connectivity index (χ3n) is 8.80. The topological polar surface area (TPSA) is 25.8 Å². The zero-order valence-corrected chi connectivity index (χ0v) is 26.4. The highest BCUT2D eigenvalue weighted by Crippen LogP contribution is 2.37. The van der Waals surface area contributed by atoms with Crippen LogP contribution in [0.2, 0.25) is 0 Å². The van der Waals surface area contributed by atoms with Crippen molar-refractivity contribution in [2.24, 2.45) is 0 Å². The average molecular weight is 613 g/mol. The summed E-state index contributed by atoms with van der Waals surface area (Å²) in [6.45, 7) is 0. The van der Waals surface area contributed by atoms with Crippen LogP contribution in [-0.2, 0) is 0 Å². The number of pyridine rings is 2. The molecule has 0 aliphatic heterocycles. The first-order chi connectivity index (χ1) is 23.8. The van der Waals surface area contributed by atoms with Crippen molar-refractivity contribution in [2.75, 3.05) is 0 Å². The lowest BCUT2D eigenvalue weighted by atomic mass is 9.91. The molecule has 0 radical (unpaired) electrons. The van der Waals surface area contributed by atoms with Crippen LogP contribution in [0.1, 0.15) is 0 Å². The number of rotatable bonds is 7. The van der Waals surface area contributed by atoms with E-state index in [0.717, 1.165) is 33.4 Å². The third kappa shape index (κ3) is 6.20. The molecule has 0 spiro atoms. The van der Waals surface area contributed by atoms with Crippen LogP contribution in [0.4, 0.5) is 0 Å². The van der Waals surface area contributed by atoms with E-state index in [2.05, 4.69) is 168 Å². The van der Waals surface area contributed by atoms with Gasteiger partial charge in [-0.05, 0) is 127 Å². The van der Waals surface area contributed by atoms with Gasteiger partial charge < -0.3 is 0 Å². The van der Waals surface area contributed by atoms with Crippen LogP contribution >= 0.6 is 0 Å². The molecule has 48 heavy (non-hydrogen) atoms. The van der Waals surface area contributed by atoms with Gasteiger partial charge in [0.2, 0.25) is 0 Å². The van der Waals surface area contributed by atoms with Gasteiger partial charge in [0.05, 0.1) is 0 Å². The second-order valence-corrected chi connectivity index (χ2v) is 12.0. The Morgan fingerprint density at radius 2 is 0.479 bits per heavy atom. The van der Waals surface area contributed by atoms with Crippen molar-refractivity contribution in [1.29, 1.82) is 0 Å². The van der Waals surface area contributed by atoms with E-state index in [4.69, 9.17) is 0 Å². The van der Waals surface area contributed by atoms with Gasteiger partial charge in [-0.3, -0.25) is 9.97 Å². The predicted octanol–water partition coefficient (Wildman–Crippen LogP) is 12.1. The number of benzene rings is 6. The molecule has 2 aromatic heterocycles. The fourth-order valence-corrected chi connectivity index (χ4v) is 6.34. The lowest BCUT2D eigenvalue weighted by Crippen LogP contribution is -1.88. The normalized spacial score (nSPS) is 10.9. The molecule has 2 heteroatoms. The smallest absolute Gasteiger partial charge is 0.0346 e. The molecule has 0 fully saturated rings. The van der Waals surface area contributed by atoms with E-state index in [-0.39, 0.29) is 0 Å². The summed E-state index contributed by atoms with van der Waals surface area (Å²) in [7, 11) is 0. The van der Waals surface area contributed by atoms with Crippen LogP contribution < -0.4 is 0 Å². The molecule has 0 unspecified atom stereocenters. The highest BCUT2D eigenvalue weighted by molar-refractivity contribution is 5.85. The summed E-state index contributed by atoms with van der Waals surface area (Å²) in [5.74, 6) is 0. The van der Waals surface area contributed by atoms with Crippen LogP contribution in [0.3, 0.4) is 0 Å². The van der Waals surface area contributed by atoms with Gasteiger partial charge in [0.15, 0.2) is 0 Å². The quantitative estimate of drug-likeness (QED) is 0.179. The van der Waals surface area contributed by atoms with Crippen molar-refractivity contribution in [3.63, 3.8) is 0 Å². The fourth-order valence-electron chi connectivity index (χ4n) is 6.34. The van der Waals surface area contributed by atoms with Gasteiger partial charge in [-0.1, -0.05) is 109 Å². The third-order valence-corrected chi connectivity index (χ3v) is 8.80. The molecule has 8 aromatic rings. The number of hydrogen-bond acceptors (Lipinski definition) is 2. The van der Waals surface area contributed by atoms with Crippen molar-refractivity contribution >= 4 is 0 Å². The van der Waals surface area contributed by atoms with Crippen molar-refractivity contribution in [3.05, 3.63) is 195 Å². The lowest BCUT2D eigenvalue weighted by Gasteiger charge is -2.13. The standard InChI is InChI=1S/C46H32N2/c1-3-11-33(12-4-1)41-25-42(34-13-5-2-6-14-34)27-43(26-41)37-17-7-15-35(23-37)36-16-8-18-38(24-36)44-28-45(39-19-9-21-47-31-39)30-46(29-44)40-20-10-22-48-32-40/h1-32H. The van der Waals surface area contributed by atoms with Gasteiger partial charge in [0, 0.05) is 35.9 Å². The van der Waals surface area contributed by atoms with E-state index in [1.165, 1.54) is 44.5 Å². The van der Waals surface area contributed by atoms with E-state index in [0.29, 0.717) is 0 Å². The van der Waals surface area contributed by atoms with Gasteiger partial charge in [0.1, 0.15) is 0 Å². The molecule has 0 amide bonds. The van der Waals surface area contributed by atoms with Gasteiger partial charge in [-0.2, -0.15) is 0 Å². The summed E-state index contributed by atoms with van der Waals surface area (Å²) in [4.78, 5) is 8.77. The SMILES string of the molecule is c1ccc(-c2cc(-c3ccccc3)cc(-c3cccc(-c4cccc(-c5cc(-c6cccnc6)cc(-c6cccnc6)c5)c4)c3)c2)cc1. The molecule has 0 saturated carbocycles. The predicted molar refractivity (Wildman–Crippen MR) is 200 cm³/mol. The van der Waals surface area contributed by atoms with E-state index in [9.17, 15) is 0 Å². The largest absolute Gasteiger partial charge is 0.264 e. The van der Waals surface area contributed by atoms with Gasteiger partial charge >= 0.3 is 0 Å². The Labute approximate surface area is 281 Å². The molecule has 8 rings (SSSR count). The summed E-state index contributed by atoms with van der Waals surface area (Å²) >= 11 is 0. The Kier molecular flexibility index (Phi) is 7.96. The molecule has 6 aromatic carbocycles. The summed E-state index contributed by atoms with van der Waals surface area (Å²) in [5, 5.41) is 0. The van der Waals surface area contributed by atoms with Crippen LogP contribution in [0.25, 0.3) is 77.9 Å². The molecular weight excluding hydrogens is 581 g/mol. The van der Waals surface area contributed by atoms with E-state index < -0.39 is 0 Å². The zero-order valence-electron chi connectivity index (χ0n) is 26.4. The van der Waals surface area contributed by atoms with Gasteiger partial charge in [0.25, 0.3) is 0 Å². The van der Waals surface area contributed by atoms with Crippen LogP contribution in [0.15, 0.2) is 195 Å². The highest BCUT2D eigenvalue weighted by atomic mass is 14.6. The summed E-state index contributed by atoms with van der Waals surface area (Å²) < 4.78 is 0. The fraction of sp³-hybridized carbons (Fsp3) is 0. The van der Waals surface area contributed by atoms with E-state index in [1.807, 2.05) is 36.9 Å². The molecule has 226 valence electrons. The molecular formula is C46H32N2. The molecule has 0 saturated heterocycles. The molecule has 0 bridgehead atoms. The van der Waals surface area contributed by atoms with Crippen molar-refractivity contribution in [2.45, 2.75) is 0 Å². The number of hydrogen-bond donors (Lipinski definition) is 0. The second-order valence-electron chi connectivity index (χ2n) is 12.0. The maximum atomic E-state index is 4.39. The number of nitrogens with zero attached hydrogens (tertiary/aromatic N) is 2. The second kappa shape index (κ2) is 13.2. The minimum Gasteiger partial charge on any atom is -0.264 e. The molecule has 0 atom stereocenters. The summed E-state index contributed by atoms with van der Waals surface area (Å²) in [5.41, 5.74) is 16.3. The molecule has 2 nitrogen and oxygen atoms in total. The van der Waals surface area contributed by atoms with Crippen LogP contribution in [0, 0.1) is 0 Å². The Bertz CT molecular complexity index is 2030. The first kappa shape index (κ1) is 29.1. The minimum absolute atomic E-state index is 1.08. The Hall–Kier alpha value is -6.38. The zero-order chi connectivity index (χ0) is 32.1. The molecule has 0 aliphatic rings. The Balaban J connectivity index is 1.21. The lowest BCUT2D eigenvalue weighted by molar-refractivity contribution is 1.32. The Morgan fingerprint density at radius 3 is 0.833 bits per heavy atom. The molecule has 0 N–H and O–H groups in total. The van der Waals surface area contributed by atoms with Crippen molar-refractivity contribution in [3.8, 4) is 77.9 Å². The van der Waals surface area contributed by atoms with E-state index in [1.54, 1.807) is 0 Å². The molecule has 2 heterocycles. The maximum Gasteiger partial charge on any atom is 0.0346 e. The average Bonchev–Trinajstić information content (AvgIpc) is 3.19. The van der Waals surface area contributed by atoms with Crippen LogP contribution in [0.5, 0.6) is 0 Å². The van der Waals surface area contributed by atoms with E-state index >= 15 is 0 Å². The van der Waals surface area contributed by atoms with Crippen LogP contribution in [-0.4, -0.2) is 9.97 Å². The minimum atomic E-state index is 1.08. The van der Waals surface area contributed by atoms with Gasteiger partial charge in [-0.15, -0.1) is 0 Å².